The fraction of sp³-hybridized carbons (Fsp3) is 0.0769. The third-order valence-corrected chi connectivity index (χ3v) is 2.24. The Bertz CT molecular complexity index is 524. The van der Waals surface area contributed by atoms with E-state index in [0.717, 1.165) is 17.1 Å². The van der Waals surface area contributed by atoms with Gasteiger partial charge in [-0.25, -0.2) is 0 Å². The second-order valence-corrected chi connectivity index (χ2v) is 3.47. The Labute approximate surface area is 94.4 Å². The van der Waals surface area contributed by atoms with Crippen LogP contribution in [0, 0.1) is 18.3 Å². The lowest BCUT2D eigenvalue weighted by molar-refractivity contribution is 1.20. The van der Waals surface area contributed by atoms with E-state index >= 15 is 0 Å². The maximum absolute atomic E-state index is 8.93. The molecule has 0 bridgehead atoms. The largest absolute Gasteiger partial charge is 0.353 e. The molecule has 0 aliphatic rings. The smallest absolute Gasteiger partial charge is 0.101 e. The first-order valence-corrected chi connectivity index (χ1v) is 4.98. The average molecular weight is 209 g/mol. The monoisotopic (exact) mass is 209 g/mol. The lowest BCUT2D eigenvalue weighted by atomic mass is 10.2. The quantitative estimate of drug-likeness (QED) is 0.827. The first-order chi connectivity index (χ1) is 7.79. The van der Waals surface area contributed by atoms with E-state index in [9.17, 15) is 0 Å². The van der Waals surface area contributed by atoms with Crippen molar-refractivity contribution in [3.63, 3.8) is 0 Å². The molecule has 0 saturated carbocycles. The van der Waals surface area contributed by atoms with E-state index in [4.69, 9.17) is 5.26 Å². The Morgan fingerprint density at radius 1 is 1.19 bits per heavy atom. The van der Waals surface area contributed by atoms with Crippen LogP contribution in [-0.4, -0.2) is 4.98 Å². The SMILES string of the molecule is Cc1ccc(Nc2ccccc2C#N)cn1. The van der Waals surface area contributed by atoms with Gasteiger partial charge in [-0.2, -0.15) is 5.26 Å². The van der Waals surface area contributed by atoms with Crippen molar-refractivity contribution in [3.05, 3.63) is 53.9 Å². The highest BCUT2D eigenvalue weighted by Crippen LogP contribution is 2.19. The molecule has 0 radical (unpaired) electrons. The molecule has 0 amide bonds. The number of benzene rings is 1. The van der Waals surface area contributed by atoms with Crippen molar-refractivity contribution < 1.29 is 0 Å². The number of para-hydroxylation sites is 1. The van der Waals surface area contributed by atoms with Gasteiger partial charge in [-0.15, -0.1) is 0 Å². The highest BCUT2D eigenvalue weighted by molar-refractivity contribution is 5.65. The summed E-state index contributed by atoms with van der Waals surface area (Å²) in [7, 11) is 0. The molecule has 0 fully saturated rings. The number of pyridine rings is 1. The first kappa shape index (κ1) is 10.2. The lowest BCUT2D eigenvalue weighted by Crippen LogP contribution is -1.94. The highest BCUT2D eigenvalue weighted by Gasteiger charge is 2.00. The molecule has 1 N–H and O–H groups in total. The maximum atomic E-state index is 8.93. The van der Waals surface area contributed by atoms with E-state index in [2.05, 4.69) is 16.4 Å². The Morgan fingerprint density at radius 2 is 2.00 bits per heavy atom. The highest BCUT2D eigenvalue weighted by atomic mass is 14.9. The molecule has 16 heavy (non-hydrogen) atoms. The van der Waals surface area contributed by atoms with Gasteiger partial charge in [0.15, 0.2) is 0 Å². The molecule has 1 aromatic heterocycles. The van der Waals surface area contributed by atoms with Crippen molar-refractivity contribution >= 4 is 11.4 Å². The molecule has 0 aliphatic heterocycles. The molecule has 0 aliphatic carbocycles. The van der Waals surface area contributed by atoms with Crippen molar-refractivity contribution in [2.75, 3.05) is 5.32 Å². The average Bonchev–Trinajstić information content (AvgIpc) is 2.33. The topological polar surface area (TPSA) is 48.7 Å². The van der Waals surface area contributed by atoms with E-state index in [0.29, 0.717) is 5.56 Å². The molecule has 0 saturated heterocycles. The number of nitrogens with zero attached hydrogens (tertiary/aromatic N) is 2. The van der Waals surface area contributed by atoms with Crippen LogP contribution >= 0.6 is 0 Å². The van der Waals surface area contributed by atoms with Crippen molar-refractivity contribution in [2.24, 2.45) is 0 Å². The zero-order chi connectivity index (χ0) is 11.4. The normalized spacial score (nSPS) is 9.50. The number of aromatic nitrogens is 1. The molecule has 0 spiro atoms. The number of hydrogen-bond donors (Lipinski definition) is 1. The van der Waals surface area contributed by atoms with E-state index in [1.54, 1.807) is 12.3 Å². The summed E-state index contributed by atoms with van der Waals surface area (Å²) in [6.45, 7) is 1.94. The van der Waals surface area contributed by atoms with E-state index in [1.807, 2.05) is 37.3 Å². The van der Waals surface area contributed by atoms with Crippen molar-refractivity contribution in [1.82, 2.24) is 4.98 Å². The molecular formula is C13H11N3. The number of aryl methyl sites for hydroxylation is 1. The van der Waals surface area contributed by atoms with Crippen LogP contribution in [0.4, 0.5) is 11.4 Å². The summed E-state index contributed by atoms with van der Waals surface area (Å²) >= 11 is 0. The van der Waals surface area contributed by atoms with Gasteiger partial charge >= 0.3 is 0 Å². The summed E-state index contributed by atoms with van der Waals surface area (Å²) in [4.78, 5) is 4.19. The maximum Gasteiger partial charge on any atom is 0.101 e. The number of anilines is 2. The summed E-state index contributed by atoms with van der Waals surface area (Å²) in [5.41, 5.74) is 3.28. The third-order valence-electron chi connectivity index (χ3n) is 2.24. The van der Waals surface area contributed by atoms with E-state index in [1.165, 1.54) is 0 Å². The van der Waals surface area contributed by atoms with Gasteiger partial charge in [0.05, 0.1) is 23.1 Å². The minimum Gasteiger partial charge on any atom is -0.353 e. The summed E-state index contributed by atoms with van der Waals surface area (Å²) in [5, 5.41) is 12.1. The second kappa shape index (κ2) is 4.45. The third kappa shape index (κ3) is 2.18. The van der Waals surface area contributed by atoms with Crippen LogP contribution in [0.25, 0.3) is 0 Å². The minimum atomic E-state index is 0.628. The molecule has 2 rings (SSSR count). The summed E-state index contributed by atoms with van der Waals surface area (Å²) in [6.07, 6.45) is 1.75. The molecule has 1 aromatic carbocycles. The van der Waals surface area contributed by atoms with Gasteiger partial charge in [-0.05, 0) is 31.2 Å². The van der Waals surface area contributed by atoms with Crippen LogP contribution in [0.1, 0.15) is 11.3 Å². The van der Waals surface area contributed by atoms with E-state index < -0.39 is 0 Å². The van der Waals surface area contributed by atoms with Crippen LogP contribution in [-0.2, 0) is 0 Å². The van der Waals surface area contributed by atoms with Gasteiger partial charge in [-0.1, -0.05) is 12.1 Å². The molecule has 2 aromatic rings. The number of nitrogens with one attached hydrogen (secondary N) is 1. The van der Waals surface area contributed by atoms with E-state index in [-0.39, 0.29) is 0 Å². The van der Waals surface area contributed by atoms with Crippen molar-refractivity contribution in [2.45, 2.75) is 6.92 Å². The predicted molar refractivity (Wildman–Crippen MR) is 63.4 cm³/mol. The van der Waals surface area contributed by atoms with Crippen LogP contribution in [0.5, 0.6) is 0 Å². The molecule has 78 valence electrons. The fourth-order valence-electron chi connectivity index (χ4n) is 1.39. The second-order valence-electron chi connectivity index (χ2n) is 3.47. The summed E-state index contributed by atoms with van der Waals surface area (Å²) < 4.78 is 0. The molecular weight excluding hydrogens is 198 g/mol. The summed E-state index contributed by atoms with van der Waals surface area (Å²) in [5.74, 6) is 0. The standard InChI is InChI=1S/C13H11N3/c1-10-6-7-12(9-15-10)16-13-5-3-2-4-11(13)8-14/h2-7,9,16H,1H3. The van der Waals surface area contributed by atoms with Crippen LogP contribution in [0.3, 0.4) is 0 Å². The predicted octanol–water partition coefficient (Wildman–Crippen LogP) is 3.01. The first-order valence-electron chi connectivity index (χ1n) is 4.98. The lowest BCUT2D eigenvalue weighted by Gasteiger charge is -2.07. The van der Waals surface area contributed by atoms with Gasteiger partial charge in [0.25, 0.3) is 0 Å². The molecule has 0 atom stereocenters. The summed E-state index contributed by atoms with van der Waals surface area (Å²) in [6, 6.07) is 13.4. The van der Waals surface area contributed by atoms with Crippen LogP contribution in [0.2, 0.25) is 0 Å². The minimum absolute atomic E-state index is 0.628. The molecule has 1 heterocycles. The van der Waals surface area contributed by atoms with Gasteiger partial charge < -0.3 is 5.32 Å². The van der Waals surface area contributed by atoms with Crippen LogP contribution in [0.15, 0.2) is 42.6 Å². The molecule has 3 nitrogen and oxygen atoms in total. The zero-order valence-corrected chi connectivity index (χ0v) is 8.94. The number of nitriles is 1. The number of rotatable bonds is 2. The molecule has 0 unspecified atom stereocenters. The Balaban J connectivity index is 2.27. The van der Waals surface area contributed by atoms with Gasteiger partial charge in [0.2, 0.25) is 0 Å². The van der Waals surface area contributed by atoms with Crippen molar-refractivity contribution in [3.8, 4) is 6.07 Å². The molecule has 3 heteroatoms. The van der Waals surface area contributed by atoms with Gasteiger partial charge in [-0.3, -0.25) is 4.98 Å². The van der Waals surface area contributed by atoms with Crippen molar-refractivity contribution in [1.29, 1.82) is 5.26 Å². The fourth-order valence-corrected chi connectivity index (χ4v) is 1.39. The van der Waals surface area contributed by atoms with Gasteiger partial charge in [0.1, 0.15) is 6.07 Å². The zero-order valence-electron chi connectivity index (χ0n) is 8.94. The van der Waals surface area contributed by atoms with Gasteiger partial charge in [0, 0.05) is 5.69 Å². The number of hydrogen-bond acceptors (Lipinski definition) is 3. The Morgan fingerprint density at radius 3 is 2.69 bits per heavy atom. The van der Waals surface area contributed by atoms with Crippen LogP contribution < -0.4 is 5.32 Å². The Kier molecular flexibility index (Phi) is 2.84. The Hall–Kier alpha value is -2.34.